The highest BCUT2D eigenvalue weighted by Crippen LogP contribution is 2.16. The maximum absolute atomic E-state index is 8.52. The number of hydrogen-bond acceptors (Lipinski definition) is 3. The molecule has 0 atom stereocenters. The molecule has 0 saturated heterocycles. The van der Waals surface area contributed by atoms with Gasteiger partial charge in [0.1, 0.15) is 5.75 Å². The lowest BCUT2D eigenvalue weighted by Gasteiger charge is -2.06. The summed E-state index contributed by atoms with van der Waals surface area (Å²) in [4.78, 5) is 0. The molecule has 0 aliphatic rings. The van der Waals surface area contributed by atoms with E-state index in [4.69, 9.17) is 9.94 Å². The van der Waals surface area contributed by atoms with Crippen LogP contribution in [0.4, 0.5) is 0 Å². The average molecular weight is 167 g/mol. The lowest BCUT2D eigenvalue weighted by Crippen LogP contribution is -2.07. The maximum atomic E-state index is 8.52. The first-order valence-electron chi connectivity index (χ1n) is 3.78. The van der Waals surface area contributed by atoms with Crippen LogP contribution in [0.1, 0.15) is 11.1 Å². The van der Waals surface area contributed by atoms with Gasteiger partial charge in [-0.1, -0.05) is 6.07 Å². The lowest BCUT2D eigenvalue weighted by atomic mass is 10.1. The number of hydroxylamine groups is 1. The average Bonchev–Trinajstić information content (AvgIpc) is 2.09. The summed E-state index contributed by atoms with van der Waals surface area (Å²) < 4.78 is 5.05. The van der Waals surface area contributed by atoms with Crippen LogP contribution in [-0.2, 0) is 6.54 Å². The molecule has 1 aromatic carbocycles. The van der Waals surface area contributed by atoms with E-state index in [0.29, 0.717) is 6.54 Å². The van der Waals surface area contributed by atoms with Crippen molar-refractivity contribution >= 4 is 0 Å². The number of hydrogen-bond donors (Lipinski definition) is 2. The fourth-order valence-corrected chi connectivity index (χ4v) is 1.05. The highest BCUT2D eigenvalue weighted by Gasteiger charge is 1.98. The molecule has 3 nitrogen and oxygen atoms in total. The van der Waals surface area contributed by atoms with E-state index in [1.54, 1.807) is 7.11 Å². The van der Waals surface area contributed by atoms with Gasteiger partial charge in [-0.3, -0.25) is 0 Å². The van der Waals surface area contributed by atoms with Gasteiger partial charge in [0.25, 0.3) is 0 Å². The molecule has 1 rings (SSSR count). The fourth-order valence-electron chi connectivity index (χ4n) is 1.05. The zero-order valence-electron chi connectivity index (χ0n) is 7.29. The molecule has 0 aliphatic heterocycles. The molecule has 0 aliphatic carbocycles. The van der Waals surface area contributed by atoms with Gasteiger partial charge in [0.05, 0.1) is 7.11 Å². The molecular formula is C9H13NO2. The van der Waals surface area contributed by atoms with Crippen molar-refractivity contribution in [3.63, 3.8) is 0 Å². The van der Waals surface area contributed by atoms with Gasteiger partial charge in [0.2, 0.25) is 0 Å². The Bertz CT molecular complexity index is 261. The molecular weight excluding hydrogens is 154 g/mol. The topological polar surface area (TPSA) is 41.5 Å². The van der Waals surface area contributed by atoms with E-state index in [1.165, 1.54) is 0 Å². The van der Waals surface area contributed by atoms with E-state index in [9.17, 15) is 0 Å². The summed E-state index contributed by atoms with van der Waals surface area (Å²) in [5, 5.41) is 8.52. The van der Waals surface area contributed by atoms with E-state index in [1.807, 2.05) is 25.1 Å². The Morgan fingerprint density at radius 1 is 1.50 bits per heavy atom. The highest BCUT2D eigenvalue weighted by atomic mass is 16.5. The number of methoxy groups -OCH3 is 1. The minimum absolute atomic E-state index is 0.447. The molecule has 0 aromatic heterocycles. The Kier molecular flexibility index (Phi) is 3.08. The summed E-state index contributed by atoms with van der Waals surface area (Å²) in [5.74, 6) is 0.811. The minimum atomic E-state index is 0.447. The van der Waals surface area contributed by atoms with Crippen molar-refractivity contribution in [1.29, 1.82) is 0 Å². The number of nitrogens with one attached hydrogen (secondary N) is 1. The van der Waals surface area contributed by atoms with Crippen LogP contribution >= 0.6 is 0 Å². The Balaban J connectivity index is 2.91. The van der Waals surface area contributed by atoms with Gasteiger partial charge in [0, 0.05) is 6.54 Å². The Labute approximate surface area is 71.9 Å². The van der Waals surface area contributed by atoms with E-state index in [-0.39, 0.29) is 0 Å². The van der Waals surface area contributed by atoms with Crippen LogP contribution in [0.25, 0.3) is 0 Å². The first-order valence-corrected chi connectivity index (χ1v) is 3.78. The third kappa shape index (κ3) is 1.96. The Morgan fingerprint density at radius 2 is 2.25 bits per heavy atom. The molecule has 12 heavy (non-hydrogen) atoms. The lowest BCUT2D eigenvalue weighted by molar-refractivity contribution is 0.161. The van der Waals surface area contributed by atoms with E-state index >= 15 is 0 Å². The van der Waals surface area contributed by atoms with Crippen LogP contribution in [0.3, 0.4) is 0 Å². The zero-order valence-corrected chi connectivity index (χ0v) is 7.29. The highest BCUT2D eigenvalue weighted by molar-refractivity contribution is 5.34. The van der Waals surface area contributed by atoms with E-state index in [2.05, 4.69) is 5.48 Å². The number of ether oxygens (including phenoxy) is 1. The van der Waals surface area contributed by atoms with Crippen molar-refractivity contribution in [3.8, 4) is 5.75 Å². The van der Waals surface area contributed by atoms with Gasteiger partial charge in [-0.15, -0.1) is 0 Å². The van der Waals surface area contributed by atoms with Gasteiger partial charge in [0.15, 0.2) is 0 Å². The van der Waals surface area contributed by atoms with Crippen molar-refractivity contribution in [2.24, 2.45) is 0 Å². The molecule has 0 unspecified atom stereocenters. The Hall–Kier alpha value is -1.06. The first-order chi connectivity index (χ1) is 5.77. The molecule has 0 amide bonds. The molecule has 0 spiro atoms. The number of aryl methyl sites for hydroxylation is 1. The van der Waals surface area contributed by atoms with Gasteiger partial charge in [-0.2, -0.15) is 0 Å². The molecule has 0 bridgehead atoms. The predicted octanol–water partition coefficient (Wildman–Crippen LogP) is 1.48. The van der Waals surface area contributed by atoms with Crippen LogP contribution in [0.15, 0.2) is 18.2 Å². The minimum Gasteiger partial charge on any atom is -0.497 e. The molecule has 1 aromatic rings. The molecule has 0 fully saturated rings. The molecule has 66 valence electrons. The summed E-state index contributed by atoms with van der Waals surface area (Å²) in [5.41, 5.74) is 4.30. The van der Waals surface area contributed by atoms with Crippen molar-refractivity contribution in [2.75, 3.05) is 7.11 Å². The zero-order chi connectivity index (χ0) is 8.97. The second kappa shape index (κ2) is 4.09. The molecule has 0 radical (unpaired) electrons. The Morgan fingerprint density at radius 3 is 2.83 bits per heavy atom. The van der Waals surface area contributed by atoms with Crippen LogP contribution in [0.5, 0.6) is 5.75 Å². The quantitative estimate of drug-likeness (QED) is 0.670. The van der Waals surface area contributed by atoms with Crippen LogP contribution in [0.2, 0.25) is 0 Å². The third-order valence-electron chi connectivity index (χ3n) is 1.83. The fraction of sp³-hybridized carbons (Fsp3) is 0.333. The second-order valence-corrected chi connectivity index (χ2v) is 2.63. The summed E-state index contributed by atoms with van der Waals surface area (Å²) in [6.07, 6.45) is 0. The molecule has 3 heteroatoms. The normalized spacial score (nSPS) is 9.92. The SMILES string of the molecule is COc1ccc(C)c(CNO)c1. The monoisotopic (exact) mass is 167 g/mol. The van der Waals surface area contributed by atoms with Crippen molar-refractivity contribution in [1.82, 2.24) is 5.48 Å². The molecule has 0 saturated carbocycles. The van der Waals surface area contributed by atoms with Crippen LogP contribution in [-0.4, -0.2) is 12.3 Å². The smallest absolute Gasteiger partial charge is 0.119 e. The number of benzene rings is 1. The first kappa shape index (κ1) is 9.03. The molecule has 2 N–H and O–H groups in total. The van der Waals surface area contributed by atoms with Gasteiger partial charge in [-0.25, -0.2) is 5.48 Å². The maximum Gasteiger partial charge on any atom is 0.119 e. The van der Waals surface area contributed by atoms with Crippen molar-refractivity contribution in [2.45, 2.75) is 13.5 Å². The van der Waals surface area contributed by atoms with E-state index < -0.39 is 0 Å². The third-order valence-corrected chi connectivity index (χ3v) is 1.83. The summed E-state index contributed by atoms with van der Waals surface area (Å²) >= 11 is 0. The van der Waals surface area contributed by atoms with E-state index in [0.717, 1.165) is 16.9 Å². The standard InChI is InChI=1S/C9H13NO2/c1-7-3-4-9(12-2)5-8(7)6-10-11/h3-5,10-11H,6H2,1-2H3. The predicted molar refractivity (Wildman–Crippen MR) is 46.4 cm³/mol. The summed E-state index contributed by atoms with van der Waals surface area (Å²) in [6, 6.07) is 5.76. The van der Waals surface area contributed by atoms with Crippen LogP contribution < -0.4 is 10.2 Å². The van der Waals surface area contributed by atoms with Gasteiger partial charge >= 0.3 is 0 Å². The number of rotatable bonds is 3. The summed E-state index contributed by atoms with van der Waals surface area (Å²) in [6.45, 7) is 2.44. The van der Waals surface area contributed by atoms with Crippen molar-refractivity contribution < 1.29 is 9.94 Å². The second-order valence-electron chi connectivity index (χ2n) is 2.63. The van der Waals surface area contributed by atoms with Crippen LogP contribution in [0, 0.1) is 6.92 Å². The summed E-state index contributed by atoms with van der Waals surface area (Å²) in [7, 11) is 1.63. The molecule has 0 heterocycles. The van der Waals surface area contributed by atoms with Gasteiger partial charge < -0.3 is 9.94 Å². The largest absolute Gasteiger partial charge is 0.497 e. The van der Waals surface area contributed by atoms with Gasteiger partial charge in [-0.05, 0) is 30.2 Å². The van der Waals surface area contributed by atoms with Crippen molar-refractivity contribution in [3.05, 3.63) is 29.3 Å².